The van der Waals surface area contributed by atoms with Gasteiger partial charge in [-0.2, -0.15) is 0 Å². The molecule has 3 heteroatoms. The van der Waals surface area contributed by atoms with E-state index in [1.54, 1.807) is 0 Å². The minimum atomic E-state index is 0.742. The summed E-state index contributed by atoms with van der Waals surface area (Å²) in [7, 11) is 0. The number of rotatable bonds is 5. The van der Waals surface area contributed by atoms with Crippen molar-refractivity contribution in [2.45, 2.75) is 6.42 Å². The zero-order valence-electron chi connectivity index (χ0n) is 10.5. The van der Waals surface area contributed by atoms with Crippen molar-refractivity contribution in [3.63, 3.8) is 0 Å². The summed E-state index contributed by atoms with van der Waals surface area (Å²) in [5, 5.41) is 11.4. The summed E-state index contributed by atoms with van der Waals surface area (Å²) >= 11 is 0. The second-order valence-electron chi connectivity index (χ2n) is 4.02. The maximum absolute atomic E-state index is 8.45. The van der Waals surface area contributed by atoms with Crippen LogP contribution in [-0.2, 0) is 6.42 Å². The van der Waals surface area contributed by atoms with Crippen LogP contribution in [0.3, 0.4) is 0 Å². The Balaban J connectivity index is 2.18. The molecular formula is C16H15NO2. The van der Waals surface area contributed by atoms with E-state index in [4.69, 9.17) is 9.94 Å². The van der Waals surface area contributed by atoms with Crippen molar-refractivity contribution >= 4 is 6.21 Å². The lowest BCUT2D eigenvalue weighted by Gasteiger charge is -2.09. The topological polar surface area (TPSA) is 41.8 Å². The highest BCUT2D eigenvalue weighted by Gasteiger charge is 2.02. The summed E-state index contributed by atoms with van der Waals surface area (Å²) < 4.78 is 5.84. The zero-order valence-corrected chi connectivity index (χ0v) is 10.5. The van der Waals surface area contributed by atoms with Crippen LogP contribution in [0, 0.1) is 0 Å². The van der Waals surface area contributed by atoms with E-state index in [0.717, 1.165) is 29.0 Å². The van der Waals surface area contributed by atoms with E-state index in [1.165, 1.54) is 6.21 Å². The number of nitrogens with zero attached hydrogens (tertiary/aromatic N) is 1. The number of para-hydroxylation sites is 1. The molecule has 0 fully saturated rings. The van der Waals surface area contributed by atoms with Gasteiger partial charge >= 0.3 is 0 Å². The molecule has 0 heterocycles. The monoisotopic (exact) mass is 253 g/mol. The highest BCUT2D eigenvalue weighted by Crippen LogP contribution is 2.25. The maximum atomic E-state index is 8.45. The number of ether oxygens (including phenoxy) is 1. The fourth-order valence-corrected chi connectivity index (χ4v) is 1.74. The molecule has 2 rings (SSSR count). The first-order valence-electron chi connectivity index (χ1n) is 5.97. The van der Waals surface area contributed by atoms with Crippen molar-refractivity contribution in [2.24, 2.45) is 5.16 Å². The summed E-state index contributed by atoms with van der Waals surface area (Å²) in [6.45, 7) is 3.74. The van der Waals surface area contributed by atoms with E-state index in [9.17, 15) is 0 Å². The fourth-order valence-electron chi connectivity index (χ4n) is 1.74. The molecule has 0 spiro atoms. The third kappa shape index (κ3) is 3.45. The van der Waals surface area contributed by atoms with Gasteiger partial charge < -0.3 is 9.94 Å². The van der Waals surface area contributed by atoms with Crippen molar-refractivity contribution < 1.29 is 9.94 Å². The summed E-state index contributed by atoms with van der Waals surface area (Å²) in [4.78, 5) is 0. The van der Waals surface area contributed by atoms with Crippen LogP contribution >= 0.6 is 0 Å². The van der Waals surface area contributed by atoms with Crippen LogP contribution < -0.4 is 4.74 Å². The molecule has 96 valence electrons. The Labute approximate surface area is 112 Å². The van der Waals surface area contributed by atoms with E-state index < -0.39 is 0 Å². The van der Waals surface area contributed by atoms with Gasteiger partial charge in [0.15, 0.2) is 0 Å². The molecule has 0 aromatic heterocycles. The van der Waals surface area contributed by atoms with E-state index >= 15 is 0 Å². The molecule has 0 radical (unpaired) electrons. The molecule has 19 heavy (non-hydrogen) atoms. The average molecular weight is 253 g/mol. The quantitative estimate of drug-likeness (QED) is 0.378. The number of benzene rings is 2. The highest BCUT2D eigenvalue weighted by atomic mass is 16.5. The predicted octanol–water partition coefficient (Wildman–Crippen LogP) is 4.02. The van der Waals surface area contributed by atoms with E-state index in [-0.39, 0.29) is 0 Å². The molecule has 3 nitrogen and oxygen atoms in total. The van der Waals surface area contributed by atoms with Gasteiger partial charge in [-0.15, -0.1) is 6.58 Å². The van der Waals surface area contributed by atoms with Gasteiger partial charge in [0.05, 0.1) is 6.21 Å². The molecular weight excluding hydrogens is 238 g/mol. The van der Waals surface area contributed by atoms with Crippen LogP contribution in [0.15, 0.2) is 66.3 Å². The summed E-state index contributed by atoms with van der Waals surface area (Å²) in [5.41, 5.74) is 1.91. The molecule has 0 aliphatic heterocycles. The molecule has 0 bridgehead atoms. The Morgan fingerprint density at radius 2 is 1.84 bits per heavy atom. The third-order valence-electron chi connectivity index (χ3n) is 2.65. The van der Waals surface area contributed by atoms with Gasteiger partial charge in [0.25, 0.3) is 0 Å². The second-order valence-corrected chi connectivity index (χ2v) is 4.02. The van der Waals surface area contributed by atoms with Crippen molar-refractivity contribution in [3.8, 4) is 11.5 Å². The molecule has 0 unspecified atom stereocenters. The lowest BCUT2D eigenvalue weighted by molar-refractivity contribution is 0.322. The van der Waals surface area contributed by atoms with Crippen molar-refractivity contribution in [3.05, 3.63) is 72.3 Å². The minimum absolute atomic E-state index is 0.742. The normalized spacial score (nSPS) is 10.5. The molecule has 0 aliphatic carbocycles. The molecule has 0 aliphatic rings. The van der Waals surface area contributed by atoms with Gasteiger partial charge in [-0.1, -0.05) is 29.4 Å². The van der Waals surface area contributed by atoms with Crippen LogP contribution in [0.5, 0.6) is 11.5 Å². The van der Waals surface area contributed by atoms with E-state index in [1.807, 2.05) is 54.6 Å². The molecule has 2 aromatic rings. The molecule has 1 N–H and O–H groups in total. The Morgan fingerprint density at radius 1 is 1.11 bits per heavy atom. The largest absolute Gasteiger partial charge is 0.457 e. The van der Waals surface area contributed by atoms with Gasteiger partial charge in [-0.05, 0) is 47.9 Å². The Bertz CT molecular complexity index is 574. The predicted molar refractivity (Wildman–Crippen MR) is 76.2 cm³/mol. The molecule has 0 atom stereocenters. The van der Waals surface area contributed by atoms with Crippen LogP contribution in [0.2, 0.25) is 0 Å². The third-order valence-corrected chi connectivity index (χ3v) is 2.65. The standard InChI is InChI=1S/C16H15NO2/c1-2-5-14-6-3-4-7-16(14)19-15-10-8-13(9-11-15)12-17-18/h2-4,6-12,18H,1,5H2. The van der Waals surface area contributed by atoms with Crippen LogP contribution in [0.1, 0.15) is 11.1 Å². The number of oxime groups is 1. The smallest absolute Gasteiger partial charge is 0.130 e. The number of hydrogen-bond donors (Lipinski definition) is 1. The number of allylic oxidation sites excluding steroid dienone is 1. The fraction of sp³-hybridized carbons (Fsp3) is 0.0625. The van der Waals surface area contributed by atoms with Gasteiger partial charge in [0.1, 0.15) is 11.5 Å². The Hall–Kier alpha value is -2.55. The second kappa shape index (κ2) is 6.40. The first-order chi connectivity index (χ1) is 9.33. The average Bonchev–Trinajstić information content (AvgIpc) is 2.44. The van der Waals surface area contributed by atoms with Crippen molar-refractivity contribution in [1.29, 1.82) is 0 Å². The molecule has 0 amide bonds. The highest BCUT2D eigenvalue weighted by molar-refractivity contribution is 5.79. The molecule has 2 aromatic carbocycles. The first-order valence-corrected chi connectivity index (χ1v) is 5.97. The maximum Gasteiger partial charge on any atom is 0.130 e. The lowest BCUT2D eigenvalue weighted by atomic mass is 10.1. The van der Waals surface area contributed by atoms with Crippen molar-refractivity contribution in [1.82, 2.24) is 0 Å². The van der Waals surface area contributed by atoms with Gasteiger partial charge in [0, 0.05) is 0 Å². The van der Waals surface area contributed by atoms with Crippen LogP contribution in [0.4, 0.5) is 0 Å². The molecule has 0 saturated carbocycles. The van der Waals surface area contributed by atoms with E-state index in [2.05, 4.69) is 11.7 Å². The van der Waals surface area contributed by atoms with Gasteiger partial charge in [-0.3, -0.25) is 0 Å². The summed E-state index contributed by atoms with van der Waals surface area (Å²) in [6, 6.07) is 15.2. The summed E-state index contributed by atoms with van der Waals surface area (Å²) in [6.07, 6.45) is 3.99. The van der Waals surface area contributed by atoms with Crippen LogP contribution in [0.25, 0.3) is 0 Å². The lowest BCUT2D eigenvalue weighted by Crippen LogP contribution is -1.90. The number of hydrogen-bond acceptors (Lipinski definition) is 3. The van der Waals surface area contributed by atoms with E-state index in [0.29, 0.717) is 0 Å². The minimum Gasteiger partial charge on any atom is -0.457 e. The SMILES string of the molecule is C=CCc1ccccc1Oc1ccc(C=NO)cc1. The first kappa shape index (κ1) is 12.9. The van der Waals surface area contributed by atoms with Crippen LogP contribution in [-0.4, -0.2) is 11.4 Å². The van der Waals surface area contributed by atoms with Crippen molar-refractivity contribution in [2.75, 3.05) is 0 Å². The summed E-state index contributed by atoms with van der Waals surface area (Å²) in [5.74, 6) is 1.57. The zero-order chi connectivity index (χ0) is 13.5. The van der Waals surface area contributed by atoms with Gasteiger partial charge in [0.2, 0.25) is 0 Å². The van der Waals surface area contributed by atoms with Gasteiger partial charge in [-0.25, -0.2) is 0 Å². The Kier molecular flexibility index (Phi) is 4.34. The Morgan fingerprint density at radius 3 is 2.53 bits per heavy atom. The molecule has 0 saturated heterocycles.